The second kappa shape index (κ2) is 11.8. The second-order valence-electron chi connectivity index (χ2n) is 8.11. The van der Waals surface area contributed by atoms with Crippen LogP contribution in [-0.2, 0) is 16.2 Å². The number of amides is 4. The van der Waals surface area contributed by atoms with Gasteiger partial charge in [-0.1, -0.05) is 53.5 Å². The molecular formula is C26H24Cl2N4O4. The van der Waals surface area contributed by atoms with E-state index in [1.807, 2.05) is 30.3 Å². The van der Waals surface area contributed by atoms with E-state index < -0.39 is 23.9 Å². The largest absolute Gasteiger partial charge is 0.489 e. The fourth-order valence-electron chi connectivity index (χ4n) is 3.70. The predicted molar refractivity (Wildman–Crippen MR) is 139 cm³/mol. The summed E-state index contributed by atoms with van der Waals surface area (Å²) in [5.74, 6) is -0.226. The van der Waals surface area contributed by atoms with Gasteiger partial charge in [0.25, 0.3) is 0 Å². The highest BCUT2D eigenvalue weighted by Gasteiger charge is 2.35. The van der Waals surface area contributed by atoms with Gasteiger partial charge in [0.05, 0.1) is 17.1 Å². The maximum atomic E-state index is 13.0. The third kappa shape index (κ3) is 6.68. The minimum absolute atomic E-state index is 0.242. The molecule has 8 nitrogen and oxygen atoms in total. The van der Waals surface area contributed by atoms with Crippen LogP contribution in [-0.4, -0.2) is 41.9 Å². The van der Waals surface area contributed by atoms with Gasteiger partial charge in [0.1, 0.15) is 18.4 Å². The number of nitrogens with one attached hydrogen (secondary N) is 3. The number of urea groups is 1. The zero-order chi connectivity index (χ0) is 25.5. The van der Waals surface area contributed by atoms with Crippen molar-refractivity contribution >= 4 is 52.4 Å². The van der Waals surface area contributed by atoms with E-state index in [-0.39, 0.29) is 19.5 Å². The van der Waals surface area contributed by atoms with Gasteiger partial charge in [0, 0.05) is 23.8 Å². The predicted octanol–water partition coefficient (Wildman–Crippen LogP) is 4.93. The Morgan fingerprint density at radius 2 is 1.75 bits per heavy atom. The van der Waals surface area contributed by atoms with Crippen LogP contribution in [0.4, 0.5) is 16.2 Å². The first-order valence-electron chi connectivity index (χ1n) is 11.3. The highest BCUT2D eigenvalue weighted by molar-refractivity contribution is 6.35. The van der Waals surface area contributed by atoms with Crippen molar-refractivity contribution < 1.29 is 19.1 Å². The average molecular weight is 527 g/mol. The fourth-order valence-corrected chi connectivity index (χ4v) is 4.04. The molecule has 0 bridgehead atoms. The molecule has 0 spiro atoms. The van der Waals surface area contributed by atoms with E-state index in [2.05, 4.69) is 16.0 Å². The summed E-state index contributed by atoms with van der Waals surface area (Å²) < 4.78 is 5.77. The van der Waals surface area contributed by atoms with E-state index in [0.717, 1.165) is 5.56 Å². The van der Waals surface area contributed by atoms with Crippen molar-refractivity contribution in [3.63, 3.8) is 0 Å². The molecule has 4 amide bonds. The van der Waals surface area contributed by atoms with Gasteiger partial charge in [0.15, 0.2) is 0 Å². The van der Waals surface area contributed by atoms with Gasteiger partial charge in [0.2, 0.25) is 11.8 Å². The molecule has 3 N–H and O–H groups in total. The number of piperazine rings is 1. The number of rotatable bonds is 7. The van der Waals surface area contributed by atoms with Crippen LogP contribution < -0.4 is 20.7 Å². The molecular weight excluding hydrogens is 503 g/mol. The van der Waals surface area contributed by atoms with Crippen LogP contribution in [0.2, 0.25) is 10.0 Å². The molecule has 3 aromatic rings. The molecule has 186 valence electrons. The molecule has 3 aromatic carbocycles. The van der Waals surface area contributed by atoms with E-state index in [9.17, 15) is 14.4 Å². The SMILES string of the molecule is O=C(C[C@H]1C(=O)NCCN1C(=O)Nc1ccc(OCc2ccccc2)cc1)Nc1cc(Cl)ccc1Cl. The fraction of sp³-hybridized carbons (Fsp3) is 0.192. The average Bonchev–Trinajstić information content (AvgIpc) is 2.87. The zero-order valence-electron chi connectivity index (χ0n) is 19.2. The summed E-state index contributed by atoms with van der Waals surface area (Å²) in [6.07, 6.45) is -0.242. The number of nitrogens with zero attached hydrogens (tertiary/aromatic N) is 1. The van der Waals surface area contributed by atoms with Crippen molar-refractivity contribution in [2.75, 3.05) is 23.7 Å². The first-order chi connectivity index (χ1) is 17.4. The number of anilines is 2. The summed E-state index contributed by atoms with van der Waals surface area (Å²) in [5.41, 5.74) is 1.91. The van der Waals surface area contributed by atoms with Crippen LogP contribution in [0.25, 0.3) is 0 Å². The molecule has 0 aliphatic carbocycles. The lowest BCUT2D eigenvalue weighted by molar-refractivity contribution is -0.130. The molecule has 4 rings (SSSR count). The Hall–Kier alpha value is -3.75. The molecule has 0 saturated carbocycles. The Kier molecular flexibility index (Phi) is 8.30. The van der Waals surface area contributed by atoms with E-state index in [1.54, 1.807) is 36.4 Å². The summed E-state index contributed by atoms with van der Waals surface area (Å²) in [4.78, 5) is 39.5. The Labute approximate surface area is 218 Å². The Balaban J connectivity index is 1.36. The van der Waals surface area contributed by atoms with E-state index in [4.69, 9.17) is 27.9 Å². The number of halogens is 2. The molecule has 10 heteroatoms. The first-order valence-corrected chi connectivity index (χ1v) is 12.0. The molecule has 1 aliphatic heterocycles. The molecule has 1 atom stereocenters. The van der Waals surface area contributed by atoms with Gasteiger partial charge in [-0.15, -0.1) is 0 Å². The van der Waals surface area contributed by atoms with Gasteiger partial charge in [-0.3, -0.25) is 9.59 Å². The van der Waals surface area contributed by atoms with Crippen molar-refractivity contribution in [2.24, 2.45) is 0 Å². The van der Waals surface area contributed by atoms with Crippen LogP contribution in [0.5, 0.6) is 5.75 Å². The smallest absolute Gasteiger partial charge is 0.322 e. The summed E-state index contributed by atoms with van der Waals surface area (Å²) in [6, 6.07) is 19.9. The summed E-state index contributed by atoms with van der Waals surface area (Å²) >= 11 is 12.1. The number of hydrogen-bond donors (Lipinski definition) is 3. The van der Waals surface area contributed by atoms with Crippen molar-refractivity contribution in [3.8, 4) is 5.75 Å². The van der Waals surface area contributed by atoms with Crippen molar-refractivity contribution in [1.82, 2.24) is 10.2 Å². The molecule has 36 heavy (non-hydrogen) atoms. The van der Waals surface area contributed by atoms with Crippen LogP contribution in [0.3, 0.4) is 0 Å². The summed E-state index contributed by atoms with van der Waals surface area (Å²) in [6.45, 7) is 0.974. The lowest BCUT2D eigenvalue weighted by Crippen LogP contribution is -2.59. The molecule has 1 saturated heterocycles. The van der Waals surface area contributed by atoms with Gasteiger partial charge < -0.3 is 25.6 Å². The van der Waals surface area contributed by atoms with Crippen LogP contribution >= 0.6 is 23.2 Å². The molecule has 0 aromatic heterocycles. The number of benzene rings is 3. The molecule has 1 heterocycles. The van der Waals surface area contributed by atoms with Crippen molar-refractivity contribution in [2.45, 2.75) is 19.1 Å². The molecule has 1 aliphatic rings. The van der Waals surface area contributed by atoms with Crippen molar-refractivity contribution in [3.05, 3.63) is 88.4 Å². The first kappa shape index (κ1) is 25.3. The van der Waals surface area contributed by atoms with Crippen LogP contribution in [0.15, 0.2) is 72.8 Å². The minimum Gasteiger partial charge on any atom is -0.489 e. The minimum atomic E-state index is -0.981. The Morgan fingerprint density at radius 1 is 1.00 bits per heavy atom. The quantitative estimate of drug-likeness (QED) is 0.406. The van der Waals surface area contributed by atoms with Crippen molar-refractivity contribution in [1.29, 1.82) is 0 Å². The second-order valence-corrected chi connectivity index (χ2v) is 8.95. The summed E-state index contributed by atoms with van der Waals surface area (Å²) in [7, 11) is 0. The summed E-state index contributed by atoms with van der Waals surface area (Å²) in [5, 5.41) is 8.85. The van der Waals surface area contributed by atoms with Gasteiger partial charge >= 0.3 is 6.03 Å². The Morgan fingerprint density at radius 3 is 2.50 bits per heavy atom. The third-order valence-corrected chi connectivity index (χ3v) is 6.09. The molecule has 1 fully saturated rings. The van der Waals surface area contributed by atoms with Crippen LogP contribution in [0.1, 0.15) is 12.0 Å². The topological polar surface area (TPSA) is 99.8 Å². The highest BCUT2D eigenvalue weighted by atomic mass is 35.5. The van der Waals surface area contributed by atoms with E-state index >= 15 is 0 Å². The van der Waals surface area contributed by atoms with Gasteiger partial charge in [-0.25, -0.2) is 4.79 Å². The molecule has 0 unspecified atom stereocenters. The Bertz CT molecular complexity index is 1240. The van der Waals surface area contributed by atoms with Gasteiger partial charge in [-0.05, 0) is 48.0 Å². The van der Waals surface area contributed by atoms with Gasteiger partial charge in [-0.2, -0.15) is 0 Å². The van der Waals surface area contributed by atoms with E-state index in [0.29, 0.717) is 33.8 Å². The number of hydrogen-bond acceptors (Lipinski definition) is 4. The monoisotopic (exact) mass is 526 g/mol. The molecule has 0 radical (unpaired) electrons. The zero-order valence-corrected chi connectivity index (χ0v) is 20.7. The van der Waals surface area contributed by atoms with Crippen LogP contribution in [0, 0.1) is 0 Å². The number of ether oxygens (including phenoxy) is 1. The third-order valence-electron chi connectivity index (χ3n) is 5.53. The lowest BCUT2D eigenvalue weighted by Gasteiger charge is -2.34. The maximum absolute atomic E-state index is 13.0. The van der Waals surface area contributed by atoms with E-state index in [1.165, 1.54) is 11.0 Å². The normalized spacial score (nSPS) is 15.1. The number of carbonyl (C=O) groups excluding carboxylic acids is 3. The number of carbonyl (C=O) groups is 3. The maximum Gasteiger partial charge on any atom is 0.322 e. The lowest BCUT2D eigenvalue weighted by atomic mass is 10.1. The standard InChI is InChI=1S/C26H24Cl2N4O4/c27-18-6-11-21(28)22(14-18)31-24(33)15-23-25(34)29-12-13-32(23)26(35)30-19-7-9-20(10-8-19)36-16-17-4-2-1-3-5-17/h1-11,14,23H,12-13,15-16H2,(H,29,34)(H,30,35)(H,31,33)/t23-/m0/s1. The highest BCUT2D eigenvalue weighted by Crippen LogP contribution is 2.26.